The number of nitrogens with zero attached hydrogens (tertiary/aromatic N) is 1. The number of para-hydroxylation sites is 1. The molecule has 0 saturated carbocycles. The Morgan fingerprint density at radius 2 is 2.00 bits per heavy atom. The van der Waals surface area contributed by atoms with Crippen molar-refractivity contribution in [2.24, 2.45) is 10.7 Å². The molecule has 0 fully saturated rings. The normalized spacial score (nSPS) is 15.6. The first-order valence-corrected chi connectivity index (χ1v) is 8.38. The van der Waals surface area contributed by atoms with Crippen LogP contribution in [0.5, 0.6) is 11.5 Å². The number of hydrogen-bond donors (Lipinski definition) is 3. The molecule has 7 nitrogen and oxygen atoms in total. The summed E-state index contributed by atoms with van der Waals surface area (Å²) in [7, 11) is 1.60. The number of nitrogens with two attached hydrogens (primary N) is 1. The Hall–Kier alpha value is -2.49. The van der Waals surface area contributed by atoms with Crippen LogP contribution < -0.4 is 25.8 Å². The van der Waals surface area contributed by atoms with Gasteiger partial charge in [0.15, 0.2) is 5.96 Å². The highest BCUT2D eigenvalue weighted by Crippen LogP contribution is 2.31. The summed E-state index contributed by atoms with van der Waals surface area (Å²) >= 11 is 0. The van der Waals surface area contributed by atoms with E-state index >= 15 is 0 Å². The minimum Gasteiger partial charge on any atom is -0.497 e. The van der Waals surface area contributed by atoms with Crippen LogP contribution in [0.25, 0.3) is 0 Å². The summed E-state index contributed by atoms with van der Waals surface area (Å²) in [5, 5.41) is 5.92. The lowest BCUT2D eigenvalue weighted by Gasteiger charge is -2.26. The number of guanidine groups is 1. The molecule has 27 heavy (non-hydrogen) atoms. The van der Waals surface area contributed by atoms with Crippen molar-refractivity contribution in [3.05, 3.63) is 54.1 Å². The van der Waals surface area contributed by atoms with Gasteiger partial charge in [-0.15, -0.1) is 24.0 Å². The van der Waals surface area contributed by atoms with Gasteiger partial charge in [0.05, 0.1) is 19.8 Å². The molecule has 0 aromatic heterocycles. The molecule has 1 atom stereocenters. The third-order valence-electron chi connectivity index (χ3n) is 4.05. The van der Waals surface area contributed by atoms with Crippen molar-refractivity contribution < 1.29 is 14.3 Å². The molecule has 1 unspecified atom stereocenters. The number of aliphatic imine (C=N–C) groups is 1. The Labute approximate surface area is 175 Å². The smallest absolute Gasteiger partial charge is 0.242 e. The number of rotatable bonds is 5. The lowest BCUT2D eigenvalue weighted by Crippen LogP contribution is -2.34. The molecule has 1 aliphatic rings. The summed E-state index contributed by atoms with van der Waals surface area (Å²) in [5.41, 5.74) is 7.60. The molecule has 0 saturated heterocycles. The van der Waals surface area contributed by atoms with Gasteiger partial charge in [-0.1, -0.05) is 18.2 Å². The number of benzene rings is 2. The molecule has 0 aliphatic carbocycles. The highest BCUT2D eigenvalue weighted by molar-refractivity contribution is 14.0. The molecule has 1 aliphatic heterocycles. The number of anilines is 1. The molecule has 1 heterocycles. The van der Waals surface area contributed by atoms with E-state index in [9.17, 15) is 4.79 Å². The average molecular weight is 482 g/mol. The molecule has 3 rings (SSSR count). The Kier molecular flexibility index (Phi) is 7.71. The molecule has 4 N–H and O–H groups in total. The monoisotopic (exact) mass is 482 g/mol. The quantitative estimate of drug-likeness (QED) is 0.346. The van der Waals surface area contributed by atoms with Crippen LogP contribution in [0.15, 0.2) is 53.5 Å². The fourth-order valence-electron chi connectivity index (χ4n) is 2.75. The Morgan fingerprint density at radius 1 is 1.26 bits per heavy atom. The zero-order valence-electron chi connectivity index (χ0n) is 15.0. The molecule has 8 heteroatoms. The fraction of sp³-hybridized carbons (Fsp3) is 0.263. The van der Waals surface area contributed by atoms with E-state index in [0.717, 1.165) is 29.2 Å². The maximum absolute atomic E-state index is 12.2. The van der Waals surface area contributed by atoms with E-state index in [1.807, 2.05) is 48.5 Å². The SMILES string of the molecule is COc1ccc(NC(N)=NCC(=O)NC2CCOc3ccccc32)cc1.I. The summed E-state index contributed by atoms with van der Waals surface area (Å²) in [6.45, 7) is 0.529. The second kappa shape index (κ2) is 10.0. The van der Waals surface area contributed by atoms with E-state index in [0.29, 0.717) is 6.61 Å². The van der Waals surface area contributed by atoms with E-state index in [2.05, 4.69) is 15.6 Å². The lowest BCUT2D eigenvalue weighted by atomic mass is 10.0. The van der Waals surface area contributed by atoms with Crippen LogP contribution in [0, 0.1) is 0 Å². The van der Waals surface area contributed by atoms with Gasteiger partial charge in [0.25, 0.3) is 0 Å². The number of hydrogen-bond acceptors (Lipinski definition) is 4. The van der Waals surface area contributed by atoms with Crippen LogP contribution in [-0.4, -0.2) is 32.1 Å². The Morgan fingerprint density at radius 3 is 2.74 bits per heavy atom. The molecule has 0 radical (unpaired) electrons. The van der Waals surface area contributed by atoms with E-state index < -0.39 is 0 Å². The van der Waals surface area contributed by atoms with Crippen molar-refractivity contribution in [2.45, 2.75) is 12.5 Å². The van der Waals surface area contributed by atoms with Crippen molar-refractivity contribution >= 4 is 41.5 Å². The van der Waals surface area contributed by atoms with Gasteiger partial charge in [-0.05, 0) is 30.3 Å². The van der Waals surface area contributed by atoms with Crippen LogP contribution in [-0.2, 0) is 4.79 Å². The van der Waals surface area contributed by atoms with Crippen molar-refractivity contribution in [2.75, 3.05) is 25.6 Å². The molecule has 144 valence electrons. The standard InChI is InChI=1S/C19H22N4O3.HI/c1-25-14-8-6-13(7-9-14)22-19(20)21-12-18(24)23-16-10-11-26-17-5-3-2-4-15(16)17;/h2-9,16H,10-12H2,1H3,(H,23,24)(H3,20,21,22);1H. The van der Waals surface area contributed by atoms with Gasteiger partial charge in [0, 0.05) is 17.7 Å². The number of fused-ring (bicyclic) bond motifs is 1. The van der Waals surface area contributed by atoms with Gasteiger partial charge in [0.1, 0.15) is 18.0 Å². The van der Waals surface area contributed by atoms with Crippen LogP contribution in [0.2, 0.25) is 0 Å². The van der Waals surface area contributed by atoms with Crippen molar-refractivity contribution in [3.63, 3.8) is 0 Å². The number of carbonyl (C=O) groups is 1. The maximum atomic E-state index is 12.2. The zero-order valence-corrected chi connectivity index (χ0v) is 17.3. The predicted molar refractivity (Wildman–Crippen MR) is 116 cm³/mol. The number of amides is 1. The summed E-state index contributed by atoms with van der Waals surface area (Å²) < 4.78 is 10.7. The van der Waals surface area contributed by atoms with Crippen molar-refractivity contribution in [3.8, 4) is 11.5 Å². The van der Waals surface area contributed by atoms with E-state index in [-0.39, 0.29) is 48.4 Å². The number of ether oxygens (including phenoxy) is 2. The van der Waals surface area contributed by atoms with Crippen molar-refractivity contribution in [1.29, 1.82) is 0 Å². The Balaban J connectivity index is 0.00000261. The maximum Gasteiger partial charge on any atom is 0.242 e. The first-order chi connectivity index (χ1) is 12.7. The number of carbonyl (C=O) groups excluding carboxylic acids is 1. The molecular formula is C19H23IN4O3. The largest absolute Gasteiger partial charge is 0.497 e. The Bertz CT molecular complexity index is 796. The minimum absolute atomic E-state index is 0. The summed E-state index contributed by atoms with van der Waals surface area (Å²) in [6.07, 6.45) is 0.728. The van der Waals surface area contributed by atoms with E-state index in [4.69, 9.17) is 15.2 Å². The van der Waals surface area contributed by atoms with Gasteiger partial charge >= 0.3 is 0 Å². The third kappa shape index (κ3) is 5.75. The van der Waals surface area contributed by atoms with Gasteiger partial charge in [-0.2, -0.15) is 0 Å². The molecule has 1 amide bonds. The molecule has 0 spiro atoms. The average Bonchev–Trinajstić information content (AvgIpc) is 2.67. The summed E-state index contributed by atoms with van der Waals surface area (Å²) in [4.78, 5) is 16.3. The van der Waals surface area contributed by atoms with E-state index in [1.165, 1.54) is 0 Å². The number of nitrogens with one attached hydrogen (secondary N) is 2. The molecule has 2 aromatic rings. The fourth-order valence-corrected chi connectivity index (χ4v) is 2.75. The van der Waals surface area contributed by atoms with E-state index in [1.54, 1.807) is 7.11 Å². The highest BCUT2D eigenvalue weighted by atomic mass is 127. The van der Waals surface area contributed by atoms with Crippen LogP contribution >= 0.6 is 24.0 Å². The highest BCUT2D eigenvalue weighted by Gasteiger charge is 2.22. The zero-order chi connectivity index (χ0) is 18.4. The molecule has 2 aromatic carbocycles. The van der Waals surface area contributed by atoms with Crippen molar-refractivity contribution in [1.82, 2.24) is 5.32 Å². The van der Waals surface area contributed by atoms with Crippen LogP contribution in [0.4, 0.5) is 5.69 Å². The van der Waals surface area contributed by atoms with Gasteiger partial charge < -0.3 is 25.8 Å². The number of halogens is 1. The molecular weight excluding hydrogens is 459 g/mol. The third-order valence-corrected chi connectivity index (χ3v) is 4.05. The lowest BCUT2D eigenvalue weighted by molar-refractivity contribution is -0.120. The molecule has 0 bridgehead atoms. The summed E-state index contributed by atoms with van der Waals surface area (Å²) in [6, 6.07) is 14.9. The second-order valence-electron chi connectivity index (χ2n) is 5.85. The second-order valence-corrected chi connectivity index (χ2v) is 5.85. The van der Waals surface area contributed by atoms with Gasteiger partial charge in [-0.3, -0.25) is 4.79 Å². The first kappa shape index (κ1) is 20.8. The van der Waals surface area contributed by atoms with Gasteiger partial charge in [-0.25, -0.2) is 4.99 Å². The number of methoxy groups -OCH3 is 1. The topological polar surface area (TPSA) is 98.0 Å². The van der Waals surface area contributed by atoms with Gasteiger partial charge in [0.2, 0.25) is 5.91 Å². The predicted octanol–water partition coefficient (Wildman–Crippen LogP) is 2.68. The summed E-state index contributed by atoms with van der Waals surface area (Å²) in [5.74, 6) is 1.55. The minimum atomic E-state index is -0.189. The first-order valence-electron chi connectivity index (χ1n) is 8.38. The van der Waals surface area contributed by atoms with Crippen LogP contribution in [0.1, 0.15) is 18.0 Å². The van der Waals surface area contributed by atoms with Crippen LogP contribution in [0.3, 0.4) is 0 Å².